The molecule has 2 unspecified atom stereocenters. The highest BCUT2D eigenvalue weighted by molar-refractivity contribution is 5.97. The van der Waals surface area contributed by atoms with Crippen molar-refractivity contribution >= 4 is 11.8 Å². The number of carbonyl (C=O) groups excluding carboxylic acids is 2. The normalized spacial score (nSPS) is 19.0. The third-order valence-corrected chi connectivity index (χ3v) is 4.66. The van der Waals surface area contributed by atoms with Crippen LogP contribution in [0, 0.1) is 5.92 Å². The molecular weight excluding hydrogens is 304 g/mol. The SMILES string of the molecule is COc1ccc(C(=O)NC(C(=O)N2CCCCC2C)C(C)C)cc1. The molecule has 2 atom stereocenters. The lowest BCUT2D eigenvalue weighted by atomic mass is 9.97. The van der Waals surface area contributed by atoms with Gasteiger partial charge in [-0.3, -0.25) is 9.59 Å². The smallest absolute Gasteiger partial charge is 0.251 e. The van der Waals surface area contributed by atoms with Crippen molar-refractivity contribution in [3.05, 3.63) is 29.8 Å². The zero-order valence-electron chi connectivity index (χ0n) is 15.0. The number of hydrogen-bond donors (Lipinski definition) is 1. The van der Waals surface area contributed by atoms with Gasteiger partial charge in [0.2, 0.25) is 5.91 Å². The first-order chi connectivity index (χ1) is 11.4. The van der Waals surface area contributed by atoms with Crippen molar-refractivity contribution in [3.8, 4) is 5.75 Å². The molecule has 24 heavy (non-hydrogen) atoms. The topological polar surface area (TPSA) is 58.6 Å². The Morgan fingerprint density at radius 2 is 1.88 bits per heavy atom. The Hall–Kier alpha value is -2.04. The molecule has 2 rings (SSSR count). The summed E-state index contributed by atoms with van der Waals surface area (Å²) >= 11 is 0. The molecule has 0 radical (unpaired) electrons. The standard InChI is InChI=1S/C19H28N2O3/c1-13(2)17(19(23)21-12-6-5-7-14(21)3)20-18(22)15-8-10-16(24-4)11-9-15/h8-11,13-14,17H,5-7,12H2,1-4H3,(H,20,22). The highest BCUT2D eigenvalue weighted by atomic mass is 16.5. The maximum absolute atomic E-state index is 12.9. The van der Waals surface area contributed by atoms with Crippen LogP contribution in [0.25, 0.3) is 0 Å². The molecule has 1 heterocycles. The highest BCUT2D eigenvalue weighted by Crippen LogP contribution is 2.19. The quantitative estimate of drug-likeness (QED) is 0.902. The summed E-state index contributed by atoms with van der Waals surface area (Å²) in [6, 6.07) is 6.64. The molecule has 1 saturated heterocycles. The number of benzene rings is 1. The zero-order valence-corrected chi connectivity index (χ0v) is 15.0. The van der Waals surface area contributed by atoms with E-state index in [0.29, 0.717) is 11.3 Å². The van der Waals surface area contributed by atoms with Crippen molar-refractivity contribution in [2.75, 3.05) is 13.7 Å². The lowest BCUT2D eigenvalue weighted by molar-refractivity contribution is -0.137. The van der Waals surface area contributed by atoms with Crippen molar-refractivity contribution in [1.82, 2.24) is 10.2 Å². The number of nitrogens with one attached hydrogen (secondary N) is 1. The van der Waals surface area contributed by atoms with Gasteiger partial charge in [0.15, 0.2) is 0 Å². The first kappa shape index (κ1) is 18.3. The van der Waals surface area contributed by atoms with Crippen LogP contribution in [0.3, 0.4) is 0 Å². The van der Waals surface area contributed by atoms with Gasteiger partial charge >= 0.3 is 0 Å². The minimum atomic E-state index is -0.500. The summed E-state index contributed by atoms with van der Waals surface area (Å²) in [6.07, 6.45) is 3.23. The van der Waals surface area contributed by atoms with E-state index in [0.717, 1.165) is 25.8 Å². The lowest BCUT2D eigenvalue weighted by Gasteiger charge is -2.37. The predicted molar refractivity (Wildman–Crippen MR) is 94.1 cm³/mol. The van der Waals surface area contributed by atoms with Crippen LogP contribution in [0.15, 0.2) is 24.3 Å². The molecule has 1 fully saturated rings. The summed E-state index contributed by atoms with van der Waals surface area (Å²) in [5, 5.41) is 2.92. The molecule has 5 nitrogen and oxygen atoms in total. The van der Waals surface area contributed by atoms with Crippen LogP contribution in [0.2, 0.25) is 0 Å². The highest BCUT2D eigenvalue weighted by Gasteiger charge is 2.32. The Kier molecular flexibility index (Phi) is 6.23. The van der Waals surface area contributed by atoms with Gasteiger partial charge in [-0.15, -0.1) is 0 Å². The van der Waals surface area contributed by atoms with Gasteiger partial charge in [-0.05, 0) is 56.4 Å². The van der Waals surface area contributed by atoms with E-state index in [2.05, 4.69) is 12.2 Å². The van der Waals surface area contributed by atoms with Crippen molar-refractivity contribution in [2.45, 2.75) is 52.1 Å². The first-order valence-corrected chi connectivity index (χ1v) is 8.69. The fraction of sp³-hybridized carbons (Fsp3) is 0.579. The molecule has 1 aromatic carbocycles. The molecule has 1 aliphatic heterocycles. The molecule has 132 valence electrons. The molecule has 0 aromatic heterocycles. The van der Waals surface area contributed by atoms with Crippen LogP contribution in [-0.2, 0) is 4.79 Å². The van der Waals surface area contributed by atoms with Gasteiger partial charge in [0.1, 0.15) is 11.8 Å². The lowest BCUT2D eigenvalue weighted by Crippen LogP contribution is -2.54. The number of hydrogen-bond acceptors (Lipinski definition) is 3. The number of amides is 2. The number of likely N-dealkylation sites (tertiary alicyclic amines) is 1. The number of piperidine rings is 1. The summed E-state index contributed by atoms with van der Waals surface area (Å²) in [5.41, 5.74) is 0.529. The number of ether oxygens (including phenoxy) is 1. The van der Waals surface area contributed by atoms with Crippen LogP contribution in [0.1, 0.15) is 50.4 Å². The van der Waals surface area contributed by atoms with E-state index in [1.807, 2.05) is 18.7 Å². The second-order valence-corrected chi connectivity index (χ2v) is 6.80. The Morgan fingerprint density at radius 1 is 1.21 bits per heavy atom. The first-order valence-electron chi connectivity index (χ1n) is 8.69. The maximum Gasteiger partial charge on any atom is 0.251 e. The molecule has 5 heteroatoms. The minimum Gasteiger partial charge on any atom is -0.497 e. The van der Waals surface area contributed by atoms with Gasteiger partial charge in [0.25, 0.3) is 5.91 Å². The average Bonchev–Trinajstić information content (AvgIpc) is 2.59. The molecular formula is C19H28N2O3. The largest absolute Gasteiger partial charge is 0.497 e. The van der Waals surface area contributed by atoms with E-state index in [9.17, 15) is 9.59 Å². The zero-order chi connectivity index (χ0) is 17.7. The summed E-state index contributed by atoms with van der Waals surface area (Å²) in [4.78, 5) is 27.3. The third-order valence-electron chi connectivity index (χ3n) is 4.66. The van der Waals surface area contributed by atoms with Crippen molar-refractivity contribution in [3.63, 3.8) is 0 Å². The summed E-state index contributed by atoms with van der Waals surface area (Å²) in [6.45, 7) is 6.79. The average molecular weight is 332 g/mol. The molecule has 0 saturated carbocycles. The monoisotopic (exact) mass is 332 g/mol. The molecule has 1 N–H and O–H groups in total. The second-order valence-electron chi connectivity index (χ2n) is 6.80. The second kappa shape index (κ2) is 8.18. The summed E-state index contributed by atoms with van der Waals surface area (Å²) < 4.78 is 5.11. The van der Waals surface area contributed by atoms with E-state index < -0.39 is 6.04 Å². The fourth-order valence-electron chi connectivity index (χ4n) is 3.08. The van der Waals surface area contributed by atoms with Crippen molar-refractivity contribution in [2.24, 2.45) is 5.92 Å². The molecule has 0 bridgehead atoms. The molecule has 1 aliphatic rings. The molecule has 2 amide bonds. The van der Waals surface area contributed by atoms with Crippen LogP contribution in [0.5, 0.6) is 5.75 Å². The van der Waals surface area contributed by atoms with E-state index >= 15 is 0 Å². The van der Waals surface area contributed by atoms with E-state index in [4.69, 9.17) is 4.74 Å². The van der Waals surface area contributed by atoms with Crippen LogP contribution >= 0.6 is 0 Å². The number of nitrogens with zero attached hydrogens (tertiary/aromatic N) is 1. The molecule has 1 aromatic rings. The van der Waals surface area contributed by atoms with Gasteiger partial charge < -0.3 is 15.0 Å². The van der Waals surface area contributed by atoms with Gasteiger partial charge in [-0.2, -0.15) is 0 Å². The van der Waals surface area contributed by atoms with Gasteiger partial charge in [0, 0.05) is 18.2 Å². The van der Waals surface area contributed by atoms with E-state index in [1.165, 1.54) is 0 Å². The van der Waals surface area contributed by atoms with Crippen LogP contribution < -0.4 is 10.1 Å². The van der Waals surface area contributed by atoms with E-state index in [1.54, 1.807) is 31.4 Å². The number of methoxy groups -OCH3 is 1. The van der Waals surface area contributed by atoms with Gasteiger partial charge in [-0.25, -0.2) is 0 Å². The minimum absolute atomic E-state index is 0.0269. The Bertz CT molecular complexity index is 568. The maximum atomic E-state index is 12.9. The van der Waals surface area contributed by atoms with Gasteiger partial charge in [0.05, 0.1) is 7.11 Å². The Morgan fingerprint density at radius 3 is 2.42 bits per heavy atom. The van der Waals surface area contributed by atoms with Crippen molar-refractivity contribution in [1.29, 1.82) is 0 Å². The Labute approximate surface area is 144 Å². The number of carbonyl (C=O) groups is 2. The third kappa shape index (κ3) is 4.28. The van der Waals surface area contributed by atoms with Crippen molar-refractivity contribution < 1.29 is 14.3 Å². The Balaban J connectivity index is 2.09. The van der Waals surface area contributed by atoms with Crippen LogP contribution in [0.4, 0.5) is 0 Å². The van der Waals surface area contributed by atoms with Crippen LogP contribution in [-0.4, -0.2) is 42.5 Å². The fourth-order valence-corrected chi connectivity index (χ4v) is 3.08. The number of rotatable bonds is 5. The van der Waals surface area contributed by atoms with E-state index in [-0.39, 0.29) is 23.8 Å². The van der Waals surface area contributed by atoms with Gasteiger partial charge in [-0.1, -0.05) is 13.8 Å². The summed E-state index contributed by atoms with van der Waals surface area (Å²) in [5.74, 6) is 0.535. The molecule has 0 aliphatic carbocycles. The summed E-state index contributed by atoms with van der Waals surface area (Å²) in [7, 11) is 1.59. The predicted octanol–water partition coefficient (Wildman–Crippen LogP) is 2.85. The molecule has 0 spiro atoms.